The highest BCUT2D eigenvalue weighted by atomic mass is 127. The van der Waals surface area contributed by atoms with Gasteiger partial charge in [0.25, 0.3) is 5.91 Å². The summed E-state index contributed by atoms with van der Waals surface area (Å²) < 4.78 is 6.77. The minimum atomic E-state index is -0.600. The molecule has 0 heterocycles. The van der Waals surface area contributed by atoms with Crippen LogP contribution in [0.25, 0.3) is 0 Å². The fourth-order valence-electron chi connectivity index (χ4n) is 2.81. The van der Waals surface area contributed by atoms with E-state index in [0.29, 0.717) is 12.3 Å². The van der Waals surface area contributed by atoms with Gasteiger partial charge >= 0.3 is 0 Å². The van der Waals surface area contributed by atoms with Crippen molar-refractivity contribution in [3.8, 4) is 5.75 Å². The summed E-state index contributed by atoms with van der Waals surface area (Å²) in [6, 6.07) is 14.9. The maximum atomic E-state index is 13.0. The number of carbonyl (C=O) groups is 2. The molecule has 0 aliphatic heterocycles. The van der Waals surface area contributed by atoms with Gasteiger partial charge in [0.15, 0.2) is 6.61 Å². The van der Waals surface area contributed by atoms with E-state index in [-0.39, 0.29) is 24.5 Å². The van der Waals surface area contributed by atoms with Crippen molar-refractivity contribution in [2.75, 3.05) is 6.61 Å². The lowest BCUT2D eigenvalue weighted by Gasteiger charge is -2.29. The molecule has 2 rings (SSSR count). The van der Waals surface area contributed by atoms with Gasteiger partial charge in [0, 0.05) is 16.2 Å². The van der Waals surface area contributed by atoms with Crippen LogP contribution in [0.4, 0.5) is 0 Å². The Morgan fingerprint density at radius 2 is 1.83 bits per heavy atom. The van der Waals surface area contributed by atoms with Crippen molar-refractivity contribution >= 4 is 34.4 Å². The number of nitrogens with zero attached hydrogens (tertiary/aromatic N) is 1. The van der Waals surface area contributed by atoms with Gasteiger partial charge in [0.05, 0.1) is 0 Å². The first-order valence-electron chi connectivity index (χ1n) is 9.84. The maximum Gasteiger partial charge on any atom is 0.261 e. The van der Waals surface area contributed by atoms with Crippen molar-refractivity contribution in [3.05, 3.63) is 63.2 Å². The summed E-state index contributed by atoms with van der Waals surface area (Å²) in [5, 5.41) is 2.97. The summed E-state index contributed by atoms with van der Waals surface area (Å²) in [4.78, 5) is 27.3. The van der Waals surface area contributed by atoms with Crippen LogP contribution in [0.3, 0.4) is 0 Å². The van der Waals surface area contributed by atoms with Crippen molar-refractivity contribution in [1.29, 1.82) is 0 Å². The van der Waals surface area contributed by atoms with Gasteiger partial charge in [-0.05, 0) is 79.6 Å². The third-order valence-electron chi connectivity index (χ3n) is 4.78. The fraction of sp³-hybridized carbons (Fsp3) is 0.391. The van der Waals surface area contributed by atoms with E-state index in [0.717, 1.165) is 21.1 Å². The summed E-state index contributed by atoms with van der Waals surface area (Å²) in [6.07, 6.45) is 0.834. The number of ether oxygens (including phenoxy) is 1. The van der Waals surface area contributed by atoms with Gasteiger partial charge in [-0.15, -0.1) is 0 Å². The molecule has 0 aliphatic rings. The van der Waals surface area contributed by atoms with Gasteiger partial charge in [-0.1, -0.05) is 36.8 Å². The topological polar surface area (TPSA) is 58.6 Å². The molecule has 5 nitrogen and oxygen atoms in total. The molecule has 2 aromatic carbocycles. The zero-order valence-corrected chi connectivity index (χ0v) is 19.6. The predicted molar refractivity (Wildman–Crippen MR) is 124 cm³/mol. The van der Waals surface area contributed by atoms with Crippen LogP contribution < -0.4 is 10.1 Å². The first-order valence-corrected chi connectivity index (χ1v) is 10.9. The quantitative estimate of drug-likeness (QED) is 0.514. The molecule has 0 spiro atoms. The first kappa shape index (κ1) is 23.2. The van der Waals surface area contributed by atoms with Crippen LogP contribution in [0.15, 0.2) is 48.5 Å². The second-order valence-electron chi connectivity index (χ2n) is 7.25. The Morgan fingerprint density at radius 3 is 2.45 bits per heavy atom. The second kappa shape index (κ2) is 11.2. The highest BCUT2D eigenvalue weighted by Gasteiger charge is 2.27. The minimum absolute atomic E-state index is 0.0592. The van der Waals surface area contributed by atoms with Crippen LogP contribution in [0, 0.1) is 10.5 Å². The number of halogens is 1. The summed E-state index contributed by atoms with van der Waals surface area (Å²) in [7, 11) is 0. The summed E-state index contributed by atoms with van der Waals surface area (Å²) >= 11 is 2.22. The molecule has 2 amide bonds. The number of hydrogen-bond acceptors (Lipinski definition) is 3. The largest absolute Gasteiger partial charge is 0.484 e. The van der Waals surface area contributed by atoms with Gasteiger partial charge < -0.3 is 15.0 Å². The molecule has 0 unspecified atom stereocenters. The zero-order chi connectivity index (χ0) is 21.4. The molecule has 0 radical (unpaired) electrons. The monoisotopic (exact) mass is 508 g/mol. The number of benzene rings is 2. The lowest BCUT2D eigenvalue weighted by molar-refractivity contribution is -0.142. The molecule has 2 aromatic rings. The first-order chi connectivity index (χ1) is 13.8. The number of nitrogens with one attached hydrogen (secondary N) is 1. The molecule has 1 N–H and O–H groups in total. The molecule has 0 fully saturated rings. The number of carbonyl (C=O) groups excluding carboxylic acids is 2. The van der Waals surface area contributed by atoms with Crippen LogP contribution in [0.1, 0.15) is 38.3 Å². The lowest BCUT2D eigenvalue weighted by atomic mass is 10.1. The standard InChI is InChI=1S/C23H29IN2O3/c1-5-17(3)25-23(28)18(4)26(14-19-8-6-7-16(2)13-19)22(27)15-29-21-11-9-20(24)10-12-21/h6-13,17-18H,5,14-15H2,1-4H3,(H,25,28)/t17-,18-/m0/s1. The van der Waals surface area contributed by atoms with E-state index in [4.69, 9.17) is 4.74 Å². The average molecular weight is 508 g/mol. The van der Waals surface area contributed by atoms with Gasteiger partial charge in [0.2, 0.25) is 5.91 Å². The number of hydrogen-bond donors (Lipinski definition) is 1. The van der Waals surface area contributed by atoms with Gasteiger partial charge in [-0.25, -0.2) is 0 Å². The van der Waals surface area contributed by atoms with E-state index < -0.39 is 6.04 Å². The SMILES string of the molecule is CC[C@H](C)NC(=O)[C@H](C)N(Cc1cccc(C)c1)C(=O)COc1ccc(I)cc1. The third-order valence-corrected chi connectivity index (χ3v) is 5.50. The minimum Gasteiger partial charge on any atom is -0.484 e. The molecular weight excluding hydrogens is 479 g/mol. The molecule has 6 heteroatoms. The summed E-state index contributed by atoms with van der Waals surface area (Å²) in [6.45, 7) is 7.97. The Hall–Kier alpha value is -2.09. The van der Waals surface area contributed by atoms with E-state index in [1.54, 1.807) is 11.8 Å². The van der Waals surface area contributed by atoms with Crippen LogP contribution in [0.2, 0.25) is 0 Å². The molecule has 156 valence electrons. The van der Waals surface area contributed by atoms with Gasteiger partial charge in [0.1, 0.15) is 11.8 Å². The van der Waals surface area contributed by atoms with Crippen LogP contribution >= 0.6 is 22.6 Å². The van der Waals surface area contributed by atoms with Crippen LogP contribution in [-0.2, 0) is 16.1 Å². The third kappa shape index (κ3) is 7.34. The number of aryl methyl sites for hydroxylation is 1. The smallest absolute Gasteiger partial charge is 0.261 e. The summed E-state index contributed by atoms with van der Waals surface area (Å²) in [5.41, 5.74) is 2.09. The zero-order valence-electron chi connectivity index (χ0n) is 17.4. The summed E-state index contributed by atoms with van der Waals surface area (Å²) in [5.74, 6) is 0.248. The molecule has 2 atom stereocenters. The van der Waals surface area contributed by atoms with E-state index in [9.17, 15) is 9.59 Å². The van der Waals surface area contributed by atoms with Crippen molar-refractivity contribution < 1.29 is 14.3 Å². The van der Waals surface area contributed by atoms with Crippen molar-refractivity contribution in [3.63, 3.8) is 0 Å². The Bertz CT molecular complexity index is 823. The normalized spacial score (nSPS) is 12.7. The van der Waals surface area contributed by atoms with Gasteiger partial charge in [-0.2, -0.15) is 0 Å². The Labute approximate surface area is 187 Å². The molecule has 0 aromatic heterocycles. The van der Waals surface area contributed by atoms with Crippen molar-refractivity contribution in [1.82, 2.24) is 10.2 Å². The number of amides is 2. The van der Waals surface area contributed by atoms with Crippen LogP contribution in [-0.4, -0.2) is 35.4 Å². The van der Waals surface area contributed by atoms with Gasteiger partial charge in [-0.3, -0.25) is 9.59 Å². The second-order valence-corrected chi connectivity index (χ2v) is 8.49. The Balaban J connectivity index is 2.14. The fourth-order valence-corrected chi connectivity index (χ4v) is 3.17. The molecule has 29 heavy (non-hydrogen) atoms. The molecule has 0 saturated carbocycles. The van der Waals surface area contributed by atoms with E-state index in [2.05, 4.69) is 27.9 Å². The molecule has 0 saturated heterocycles. The van der Waals surface area contributed by atoms with E-state index >= 15 is 0 Å². The highest BCUT2D eigenvalue weighted by molar-refractivity contribution is 14.1. The average Bonchev–Trinajstić information content (AvgIpc) is 2.70. The lowest BCUT2D eigenvalue weighted by Crippen LogP contribution is -2.50. The van der Waals surface area contributed by atoms with Crippen molar-refractivity contribution in [2.45, 2.75) is 52.7 Å². The van der Waals surface area contributed by atoms with Crippen LogP contribution in [0.5, 0.6) is 5.75 Å². The number of rotatable bonds is 9. The van der Waals surface area contributed by atoms with E-state index in [1.807, 2.05) is 69.3 Å². The molecule has 0 bridgehead atoms. The maximum absolute atomic E-state index is 13.0. The molecule has 0 aliphatic carbocycles. The van der Waals surface area contributed by atoms with E-state index in [1.165, 1.54) is 0 Å². The predicted octanol–water partition coefficient (Wildman–Crippen LogP) is 4.31. The Kier molecular flexibility index (Phi) is 8.95. The molecular formula is C23H29IN2O3. The highest BCUT2D eigenvalue weighted by Crippen LogP contribution is 2.15. The Morgan fingerprint density at radius 1 is 1.14 bits per heavy atom. The van der Waals surface area contributed by atoms with Crippen molar-refractivity contribution in [2.24, 2.45) is 0 Å².